The van der Waals surface area contributed by atoms with E-state index in [0.29, 0.717) is 16.7 Å². The fourth-order valence-electron chi connectivity index (χ4n) is 5.39. The Morgan fingerprint density at radius 1 is 1.12 bits per heavy atom. The molecule has 3 amide bonds. The number of alkyl halides is 1. The first kappa shape index (κ1) is 38.8. The average Bonchev–Trinajstić information content (AvgIpc) is 3.07. The predicted molar refractivity (Wildman–Crippen MR) is 188 cm³/mol. The van der Waals surface area contributed by atoms with E-state index in [2.05, 4.69) is 10.6 Å². The highest BCUT2D eigenvalue weighted by Gasteiger charge is 2.29. The number of primary amides is 1. The summed E-state index contributed by atoms with van der Waals surface area (Å²) in [4.78, 5) is 38.3. The van der Waals surface area contributed by atoms with Gasteiger partial charge in [0, 0.05) is 48.8 Å². The van der Waals surface area contributed by atoms with Gasteiger partial charge in [0.25, 0.3) is 11.8 Å². The molecule has 3 rings (SSSR count). The SMILES string of the molecule is CO[C@H]1C=C/C=C(\C)C(=O)Nc2cc(O)c(NC(=O)c3cccc(CCl)c3)c(c2O)/C=C(\C)C[C@H](OC)[C@H](O)[C@@H](C)/C=C(\C)[C@@H]1OC(N)=O. The van der Waals surface area contributed by atoms with Crippen LogP contribution >= 0.6 is 11.6 Å². The lowest BCUT2D eigenvalue weighted by atomic mass is 9.91. The molecule has 2 aromatic rings. The minimum absolute atomic E-state index is 0.0107. The second-order valence-corrected chi connectivity index (χ2v) is 12.1. The van der Waals surface area contributed by atoms with Crippen LogP contribution in [0, 0.1) is 5.92 Å². The molecule has 0 spiro atoms. The number of aromatic hydroxyl groups is 2. The third-order valence-electron chi connectivity index (χ3n) is 8.08. The number of halogens is 1. The minimum Gasteiger partial charge on any atom is -0.506 e. The molecule has 13 heteroatoms. The Morgan fingerprint density at radius 3 is 2.47 bits per heavy atom. The average molecular weight is 698 g/mol. The largest absolute Gasteiger partial charge is 0.506 e. The van der Waals surface area contributed by atoms with Crippen LogP contribution in [0.25, 0.3) is 6.08 Å². The Morgan fingerprint density at radius 2 is 1.84 bits per heavy atom. The Kier molecular flexibility index (Phi) is 14.0. The van der Waals surface area contributed by atoms with Crippen molar-refractivity contribution in [1.29, 1.82) is 0 Å². The number of allylic oxidation sites excluding steroid dienone is 2. The number of carbonyl (C=O) groups excluding carboxylic acids is 3. The lowest BCUT2D eigenvalue weighted by molar-refractivity contribution is -0.112. The fraction of sp³-hybridized carbons (Fsp3) is 0.361. The molecule has 7 N–H and O–H groups in total. The van der Waals surface area contributed by atoms with Gasteiger partial charge in [0.15, 0.2) is 6.10 Å². The fourth-order valence-corrected chi connectivity index (χ4v) is 5.56. The van der Waals surface area contributed by atoms with Crippen LogP contribution in [-0.2, 0) is 24.9 Å². The van der Waals surface area contributed by atoms with Crippen molar-refractivity contribution >= 4 is 47.0 Å². The van der Waals surface area contributed by atoms with Crippen molar-refractivity contribution in [2.24, 2.45) is 11.7 Å². The first-order chi connectivity index (χ1) is 23.2. The number of aliphatic hydroxyl groups excluding tert-OH is 1. The molecule has 0 aliphatic carbocycles. The molecule has 2 aromatic carbocycles. The second kappa shape index (κ2) is 17.7. The zero-order valence-corrected chi connectivity index (χ0v) is 29.1. The summed E-state index contributed by atoms with van der Waals surface area (Å²) in [6, 6.07) is 7.75. The number of phenols is 2. The van der Waals surface area contributed by atoms with Crippen LogP contribution < -0.4 is 16.4 Å². The summed E-state index contributed by atoms with van der Waals surface area (Å²) in [6.07, 6.45) is 3.41. The Hall–Kier alpha value is -4.62. The number of nitrogens with two attached hydrogens (primary N) is 1. The molecule has 49 heavy (non-hydrogen) atoms. The van der Waals surface area contributed by atoms with Crippen molar-refractivity contribution in [2.45, 2.75) is 64.4 Å². The van der Waals surface area contributed by atoms with Crippen LogP contribution in [0.15, 0.2) is 71.4 Å². The number of nitrogens with one attached hydrogen (secondary N) is 2. The van der Waals surface area contributed by atoms with Gasteiger partial charge < -0.3 is 45.9 Å². The monoisotopic (exact) mass is 697 g/mol. The third-order valence-corrected chi connectivity index (χ3v) is 8.39. The summed E-state index contributed by atoms with van der Waals surface area (Å²) >= 11 is 5.95. The normalized spacial score (nSPS) is 25.5. The number of amides is 3. The van der Waals surface area contributed by atoms with Crippen molar-refractivity contribution in [3.05, 3.63) is 88.0 Å². The van der Waals surface area contributed by atoms with Crippen molar-refractivity contribution in [1.82, 2.24) is 0 Å². The van der Waals surface area contributed by atoms with E-state index in [4.69, 9.17) is 31.5 Å². The lowest BCUT2D eigenvalue weighted by Gasteiger charge is -2.28. The first-order valence-corrected chi connectivity index (χ1v) is 16.0. The van der Waals surface area contributed by atoms with Crippen LogP contribution in [-0.4, -0.2) is 71.9 Å². The first-order valence-electron chi connectivity index (χ1n) is 15.5. The number of ether oxygens (including phenoxy) is 3. The molecule has 1 aliphatic heterocycles. The number of hydrogen-bond donors (Lipinski definition) is 6. The molecule has 0 radical (unpaired) electrons. The Bertz CT molecular complexity index is 1670. The molecular formula is C36H44ClN3O9. The Labute approximate surface area is 290 Å². The number of hydrogen-bond acceptors (Lipinski definition) is 9. The summed E-state index contributed by atoms with van der Waals surface area (Å²) < 4.78 is 16.6. The third kappa shape index (κ3) is 10.2. The number of carbonyl (C=O) groups is 3. The molecule has 0 saturated heterocycles. The molecule has 0 fully saturated rings. The second-order valence-electron chi connectivity index (χ2n) is 11.8. The van der Waals surface area contributed by atoms with Gasteiger partial charge in [0.2, 0.25) is 0 Å². The summed E-state index contributed by atoms with van der Waals surface area (Å²) in [5.74, 6) is -2.36. The van der Waals surface area contributed by atoms with Gasteiger partial charge in [-0.05, 0) is 56.5 Å². The molecular weight excluding hydrogens is 654 g/mol. The number of methoxy groups -OCH3 is 2. The van der Waals surface area contributed by atoms with Crippen molar-refractivity contribution in [3.8, 4) is 11.5 Å². The predicted octanol–water partition coefficient (Wildman–Crippen LogP) is 5.77. The quantitative estimate of drug-likeness (QED) is 0.0941. The zero-order chi connectivity index (χ0) is 36.4. The summed E-state index contributed by atoms with van der Waals surface area (Å²) in [5.41, 5.74) is 7.47. The lowest BCUT2D eigenvalue weighted by Crippen LogP contribution is -2.36. The van der Waals surface area contributed by atoms with Gasteiger partial charge in [-0.2, -0.15) is 0 Å². The van der Waals surface area contributed by atoms with Gasteiger partial charge >= 0.3 is 6.09 Å². The minimum atomic E-state index is -1.05. The van der Waals surface area contributed by atoms with Crippen LogP contribution in [0.4, 0.5) is 16.2 Å². The number of benzene rings is 2. The summed E-state index contributed by atoms with van der Waals surface area (Å²) in [6.45, 7) is 6.74. The zero-order valence-electron chi connectivity index (χ0n) is 28.3. The van der Waals surface area contributed by atoms with Gasteiger partial charge in [-0.25, -0.2) is 4.79 Å². The maximum atomic E-state index is 13.3. The van der Waals surface area contributed by atoms with E-state index in [9.17, 15) is 29.7 Å². The maximum absolute atomic E-state index is 13.3. The van der Waals surface area contributed by atoms with Gasteiger partial charge in [0.05, 0.1) is 23.6 Å². The number of aliphatic hydroxyl groups is 1. The van der Waals surface area contributed by atoms with E-state index in [1.54, 1.807) is 57.2 Å². The van der Waals surface area contributed by atoms with E-state index in [1.165, 1.54) is 39.4 Å². The number of anilines is 2. The van der Waals surface area contributed by atoms with E-state index in [1.807, 2.05) is 0 Å². The van der Waals surface area contributed by atoms with Crippen LogP contribution in [0.2, 0.25) is 0 Å². The molecule has 12 nitrogen and oxygen atoms in total. The van der Waals surface area contributed by atoms with Crippen molar-refractivity contribution in [3.63, 3.8) is 0 Å². The van der Waals surface area contributed by atoms with E-state index in [0.717, 1.165) is 6.07 Å². The highest BCUT2D eigenvalue weighted by molar-refractivity contribution is 6.17. The maximum Gasteiger partial charge on any atom is 0.405 e. The smallest absolute Gasteiger partial charge is 0.405 e. The Balaban J connectivity index is 2.18. The standard InChI is InChI=1S/C36H44ClN3O9/c1-19-13-25-30(40-35(45)24-11-8-10-23(16-24)18-37)27(41)17-26(32(25)43)39-34(44)20(2)9-7-12-28(47-5)33(49-36(38)46)22(4)15-21(3)31(42)29(14-19)48-6/h7-13,15-17,21,28-29,31,33,41-43H,14,18H2,1-6H3,(H2,38,46)(H,39,44)(H,40,45)/b12-7?,19-13+,20-9+,22-15+/t21-,28-,29-,31+,33-/m0/s1. The molecule has 1 aliphatic rings. The van der Waals surface area contributed by atoms with Crippen molar-refractivity contribution in [2.75, 3.05) is 24.9 Å². The highest BCUT2D eigenvalue weighted by Crippen LogP contribution is 2.42. The molecule has 0 unspecified atom stereocenters. The highest BCUT2D eigenvalue weighted by atomic mass is 35.5. The number of rotatable bonds is 6. The number of fused-ring (bicyclic) bond motifs is 2. The summed E-state index contributed by atoms with van der Waals surface area (Å²) in [5, 5.41) is 39.2. The topological polar surface area (TPSA) is 190 Å². The van der Waals surface area contributed by atoms with Crippen LogP contribution in [0.1, 0.15) is 55.6 Å². The molecule has 0 aromatic heterocycles. The summed E-state index contributed by atoms with van der Waals surface area (Å²) in [7, 11) is 2.86. The number of phenolic OH excluding ortho intramolecular Hbond substituents is 2. The van der Waals surface area contributed by atoms with E-state index >= 15 is 0 Å². The van der Waals surface area contributed by atoms with Gasteiger partial charge in [-0.3, -0.25) is 9.59 Å². The van der Waals surface area contributed by atoms with Gasteiger partial charge in [0.1, 0.15) is 17.6 Å². The van der Waals surface area contributed by atoms with E-state index in [-0.39, 0.29) is 40.4 Å². The van der Waals surface area contributed by atoms with Gasteiger partial charge in [-0.15, -0.1) is 11.6 Å². The van der Waals surface area contributed by atoms with E-state index < -0.39 is 59.7 Å². The molecule has 264 valence electrons. The van der Waals surface area contributed by atoms with Crippen molar-refractivity contribution < 1.29 is 43.9 Å². The van der Waals surface area contributed by atoms with Crippen LogP contribution in [0.5, 0.6) is 11.5 Å². The van der Waals surface area contributed by atoms with Gasteiger partial charge in [-0.1, -0.05) is 48.9 Å². The molecule has 5 atom stereocenters. The molecule has 2 bridgehead atoms. The molecule has 0 saturated carbocycles. The molecule has 1 heterocycles. The van der Waals surface area contributed by atoms with Crippen LogP contribution in [0.3, 0.4) is 0 Å².